The Morgan fingerprint density at radius 2 is 2.20 bits per heavy atom. The molecular weight excluding hydrogens is 190 g/mol. The van der Waals surface area contributed by atoms with Gasteiger partial charge in [0.1, 0.15) is 5.76 Å². The van der Waals surface area contributed by atoms with Crippen LogP contribution < -0.4 is 5.32 Å². The molecule has 0 spiro atoms. The lowest BCUT2D eigenvalue weighted by Gasteiger charge is -2.22. The van der Waals surface area contributed by atoms with Crippen LogP contribution in [0.5, 0.6) is 0 Å². The van der Waals surface area contributed by atoms with E-state index in [9.17, 15) is 4.79 Å². The van der Waals surface area contributed by atoms with Crippen molar-refractivity contribution in [1.29, 1.82) is 0 Å². The number of carbonyl (C=O) groups excluding carboxylic acids is 1. The molecule has 82 valence electrons. The summed E-state index contributed by atoms with van der Waals surface area (Å²) >= 11 is 0. The van der Waals surface area contributed by atoms with Crippen molar-refractivity contribution >= 4 is 5.91 Å². The van der Waals surface area contributed by atoms with Gasteiger partial charge < -0.3 is 9.73 Å². The molecule has 1 aliphatic rings. The molecule has 0 unspecified atom stereocenters. The molecule has 15 heavy (non-hydrogen) atoms. The second kappa shape index (κ2) is 5.01. The van der Waals surface area contributed by atoms with Gasteiger partial charge in [-0.1, -0.05) is 19.3 Å². The van der Waals surface area contributed by atoms with Crippen molar-refractivity contribution in [3.05, 3.63) is 24.2 Å². The van der Waals surface area contributed by atoms with E-state index in [0.717, 1.165) is 18.6 Å². The first-order chi connectivity index (χ1) is 7.34. The highest BCUT2D eigenvalue weighted by atomic mass is 16.3. The van der Waals surface area contributed by atoms with Gasteiger partial charge in [-0.15, -0.1) is 0 Å². The van der Waals surface area contributed by atoms with E-state index in [2.05, 4.69) is 5.32 Å². The molecule has 0 aromatic carbocycles. The van der Waals surface area contributed by atoms with Gasteiger partial charge in [-0.2, -0.15) is 0 Å². The van der Waals surface area contributed by atoms with E-state index in [1.807, 2.05) is 12.1 Å². The summed E-state index contributed by atoms with van der Waals surface area (Å²) < 4.78 is 5.13. The number of hydrogen-bond acceptors (Lipinski definition) is 2. The Kier molecular flexibility index (Phi) is 3.43. The van der Waals surface area contributed by atoms with Gasteiger partial charge in [-0.3, -0.25) is 4.79 Å². The number of carbonyl (C=O) groups is 1. The van der Waals surface area contributed by atoms with Crippen LogP contribution in [-0.4, -0.2) is 11.9 Å². The molecule has 1 amide bonds. The highest BCUT2D eigenvalue weighted by Crippen LogP contribution is 2.17. The topological polar surface area (TPSA) is 42.2 Å². The minimum absolute atomic E-state index is 0.0804. The Morgan fingerprint density at radius 1 is 1.40 bits per heavy atom. The number of rotatable bonds is 3. The van der Waals surface area contributed by atoms with Crippen molar-refractivity contribution in [3.63, 3.8) is 0 Å². The summed E-state index contributed by atoms with van der Waals surface area (Å²) in [6.45, 7) is 0. The Morgan fingerprint density at radius 3 is 2.87 bits per heavy atom. The smallest absolute Gasteiger partial charge is 0.227 e. The van der Waals surface area contributed by atoms with Crippen LogP contribution in [0.2, 0.25) is 0 Å². The Bertz CT molecular complexity index is 299. The van der Waals surface area contributed by atoms with E-state index >= 15 is 0 Å². The maximum atomic E-state index is 11.6. The summed E-state index contributed by atoms with van der Waals surface area (Å²) in [6.07, 6.45) is 8.02. The highest BCUT2D eigenvalue weighted by molar-refractivity contribution is 5.78. The van der Waals surface area contributed by atoms with Crippen LogP contribution in [0.15, 0.2) is 22.8 Å². The maximum Gasteiger partial charge on any atom is 0.227 e. The molecule has 0 saturated heterocycles. The third kappa shape index (κ3) is 3.11. The molecule has 1 fully saturated rings. The van der Waals surface area contributed by atoms with Gasteiger partial charge in [0.15, 0.2) is 0 Å². The average molecular weight is 207 g/mol. The normalized spacial score (nSPS) is 17.6. The van der Waals surface area contributed by atoms with Gasteiger partial charge in [0, 0.05) is 6.04 Å². The Balaban J connectivity index is 1.76. The maximum absolute atomic E-state index is 11.6. The first-order valence-electron chi connectivity index (χ1n) is 5.66. The number of furan rings is 1. The van der Waals surface area contributed by atoms with Gasteiger partial charge in [-0.25, -0.2) is 0 Å². The lowest BCUT2D eigenvalue weighted by Crippen LogP contribution is -2.36. The minimum Gasteiger partial charge on any atom is -0.469 e. The van der Waals surface area contributed by atoms with Gasteiger partial charge in [0.25, 0.3) is 0 Å². The molecule has 3 nitrogen and oxygen atoms in total. The molecule has 1 saturated carbocycles. The van der Waals surface area contributed by atoms with E-state index in [1.165, 1.54) is 19.3 Å². The summed E-state index contributed by atoms with van der Waals surface area (Å²) in [5, 5.41) is 3.06. The first kappa shape index (κ1) is 10.3. The van der Waals surface area contributed by atoms with Crippen LogP contribution in [0, 0.1) is 0 Å². The van der Waals surface area contributed by atoms with E-state index in [0.29, 0.717) is 12.5 Å². The van der Waals surface area contributed by atoms with Crippen LogP contribution in [0.3, 0.4) is 0 Å². The van der Waals surface area contributed by atoms with Gasteiger partial charge in [-0.05, 0) is 25.0 Å². The predicted molar refractivity (Wildman–Crippen MR) is 57.4 cm³/mol. The molecule has 1 aromatic rings. The van der Waals surface area contributed by atoms with Crippen molar-refractivity contribution in [2.75, 3.05) is 0 Å². The zero-order valence-electron chi connectivity index (χ0n) is 8.87. The number of amides is 1. The van der Waals surface area contributed by atoms with Crippen LogP contribution in [0.1, 0.15) is 37.9 Å². The molecule has 1 N–H and O–H groups in total. The average Bonchev–Trinajstić information content (AvgIpc) is 2.71. The van der Waals surface area contributed by atoms with Gasteiger partial charge >= 0.3 is 0 Å². The predicted octanol–water partition coefficient (Wildman–Crippen LogP) is 2.27. The summed E-state index contributed by atoms with van der Waals surface area (Å²) in [6, 6.07) is 4.03. The lowest BCUT2D eigenvalue weighted by atomic mass is 9.95. The molecule has 0 aliphatic heterocycles. The van der Waals surface area contributed by atoms with E-state index in [4.69, 9.17) is 4.42 Å². The van der Waals surface area contributed by atoms with Crippen LogP contribution in [0.25, 0.3) is 0 Å². The summed E-state index contributed by atoms with van der Waals surface area (Å²) in [5.41, 5.74) is 0. The van der Waals surface area contributed by atoms with Crippen molar-refractivity contribution in [2.24, 2.45) is 0 Å². The zero-order valence-corrected chi connectivity index (χ0v) is 8.87. The highest BCUT2D eigenvalue weighted by Gasteiger charge is 2.16. The second-order valence-corrected chi connectivity index (χ2v) is 4.16. The fraction of sp³-hybridized carbons (Fsp3) is 0.583. The fourth-order valence-corrected chi connectivity index (χ4v) is 2.10. The molecule has 1 aromatic heterocycles. The van der Waals surface area contributed by atoms with Crippen molar-refractivity contribution in [3.8, 4) is 0 Å². The summed E-state index contributed by atoms with van der Waals surface area (Å²) in [4.78, 5) is 11.6. The second-order valence-electron chi connectivity index (χ2n) is 4.16. The largest absolute Gasteiger partial charge is 0.469 e. The molecule has 0 radical (unpaired) electrons. The molecule has 1 heterocycles. The van der Waals surface area contributed by atoms with Crippen molar-refractivity contribution in [2.45, 2.75) is 44.6 Å². The van der Waals surface area contributed by atoms with Crippen LogP contribution in [-0.2, 0) is 11.2 Å². The summed E-state index contributed by atoms with van der Waals surface area (Å²) in [7, 11) is 0. The first-order valence-corrected chi connectivity index (χ1v) is 5.66. The minimum atomic E-state index is 0.0804. The molecule has 0 bridgehead atoms. The summed E-state index contributed by atoms with van der Waals surface area (Å²) in [5.74, 6) is 0.820. The molecule has 0 atom stereocenters. The molecule has 1 aliphatic carbocycles. The van der Waals surface area contributed by atoms with Gasteiger partial charge in [0.05, 0.1) is 12.7 Å². The van der Waals surface area contributed by atoms with Crippen LogP contribution in [0.4, 0.5) is 0 Å². The SMILES string of the molecule is O=C(Cc1ccco1)NC1CCCCC1. The third-order valence-corrected chi connectivity index (χ3v) is 2.89. The molecular formula is C12H17NO2. The lowest BCUT2D eigenvalue weighted by molar-refractivity contribution is -0.121. The fourth-order valence-electron chi connectivity index (χ4n) is 2.10. The number of nitrogens with one attached hydrogen (secondary N) is 1. The van der Waals surface area contributed by atoms with E-state index in [-0.39, 0.29) is 5.91 Å². The van der Waals surface area contributed by atoms with Gasteiger partial charge in [0.2, 0.25) is 5.91 Å². The third-order valence-electron chi connectivity index (χ3n) is 2.89. The molecule has 3 heteroatoms. The number of hydrogen-bond donors (Lipinski definition) is 1. The standard InChI is InChI=1S/C12H17NO2/c14-12(9-11-7-4-8-15-11)13-10-5-2-1-3-6-10/h4,7-8,10H,1-3,5-6,9H2,(H,13,14). The Hall–Kier alpha value is -1.25. The molecule has 2 rings (SSSR count). The van der Waals surface area contributed by atoms with Crippen LogP contribution >= 0.6 is 0 Å². The van der Waals surface area contributed by atoms with Crippen molar-refractivity contribution in [1.82, 2.24) is 5.32 Å². The zero-order chi connectivity index (χ0) is 10.5. The Labute approximate surface area is 89.9 Å². The van der Waals surface area contributed by atoms with E-state index in [1.54, 1.807) is 6.26 Å². The van der Waals surface area contributed by atoms with Crippen molar-refractivity contribution < 1.29 is 9.21 Å². The monoisotopic (exact) mass is 207 g/mol. The van der Waals surface area contributed by atoms with E-state index < -0.39 is 0 Å². The quantitative estimate of drug-likeness (QED) is 0.826.